The number of likely N-dealkylation sites (tertiary alicyclic amines) is 1. The van der Waals surface area contributed by atoms with Gasteiger partial charge in [0.15, 0.2) is 0 Å². The van der Waals surface area contributed by atoms with E-state index in [2.05, 4.69) is 15.1 Å². The lowest BCUT2D eigenvalue weighted by Crippen LogP contribution is -2.50. The van der Waals surface area contributed by atoms with E-state index in [1.165, 1.54) is 0 Å². The number of carboxylic acid groups (broad SMARTS) is 1. The molecule has 0 aromatic heterocycles. The average molecular weight is 402 g/mol. The number of rotatable bonds is 3. The highest BCUT2D eigenvalue weighted by atomic mass is 16.4. The number of aliphatic hydroxyl groups excluding tert-OH is 1. The quantitative estimate of drug-likeness (QED) is 0.723. The number of amides is 2. The lowest BCUT2D eigenvalue weighted by Gasteiger charge is -2.41. The van der Waals surface area contributed by atoms with Crippen LogP contribution in [0.4, 0.5) is 16.2 Å². The van der Waals surface area contributed by atoms with Gasteiger partial charge in [-0.1, -0.05) is 0 Å². The Morgan fingerprint density at radius 2 is 1.93 bits per heavy atom. The van der Waals surface area contributed by atoms with Gasteiger partial charge in [0.1, 0.15) is 0 Å². The standard InChI is InChI=1S/C22H31N3O4/c1-15-13-17(5-8-19(15)23-21(28)29)24-11-2-9-22(14-24)10-12-25(20(22)27)16-3-6-18(26)7-4-16/h5,8,13,16,18,23,26H,2-4,6-7,9-12,14H2,1H3,(H,28,29)/t16-,18-,22-/m0/s1. The van der Waals surface area contributed by atoms with Gasteiger partial charge in [0.05, 0.1) is 11.5 Å². The number of piperidine rings is 1. The molecule has 4 rings (SSSR count). The molecule has 3 N–H and O–H groups in total. The fraction of sp³-hybridized carbons (Fsp3) is 0.636. The van der Waals surface area contributed by atoms with E-state index in [1.54, 1.807) is 6.07 Å². The molecule has 1 aromatic carbocycles. The monoisotopic (exact) mass is 401 g/mol. The fourth-order valence-corrected chi connectivity index (χ4v) is 5.40. The largest absolute Gasteiger partial charge is 0.465 e. The van der Waals surface area contributed by atoms with Crippen molar-refractivity contribution in [3.05, 3.63) is 23.8 Å². The molecule has 7 heteroatoms. The fourth-order valence-electron chi connectivity index (χ4n) is 5.40. The van der Waals surface area contributed by atoms with Gasteiger partial charge in [-0.25, -0.2) is 4.79 Å². The van der Waals surface area contributed by atoms with Crippen LogP contribution in [0.25, 0.3) is 0 Å². The van der Waals surface area contributed by atoms with Crippen molar-refractivity contribution in [1.29, 1.82) is 0 Å². The molecule has 7 nitrogen and oxygen atoms in total. The molecule has 2 amide bonds. The molecule has 0 unspecified atom stereocenters. The van der Waals surface area contributed by atoms with Crippen LogP contribution in [0, 0.1) is 12.3 Å². The third-order valence-corrected chi connectivity index (χ3v) is 7.05. The van der Waals surface area contributed by atoms with E-state index < -0.39 is 6.09 Å². The van der Waals surface area contributed by atoms with Gasteiger partial charge in [-0.15, -0.1) is 0 Å². The maximum absolute atomic E-state index is 13.4. The summed E-state index contributed by atoms with van der Waals surface area (Å²) in [6, 6.07) is 6.03. The number of hydrogen-bond acceptors (Lipinski definition) is 4. The van der Waals surface area contributed by atoms with E-state index in [-0.39, 0.29) is 17.6 Å². The van der Waals surface area contributed by atoms with Gasteiger partial charge in [0.25, 0.3) is 0 Å². The minimum absolute atomic E-state index is 0.204. The first-order valence-corrected chi connectivity index (χ1v) is 10.7. The second-order valence-electron chi connectivity index (χ2n) is 8.95. The van der Waals surface area contributed by atoms with Gasteiger partial charge < -0.3 is 20.0 Å². The van der Waals surface area contributed by atoms with Crippen LogP contribution in [-0.4, -0.2) is 58.9 Å². The molecule has 2 heterocycles. The van der Waals surface area contributed by atoms with Crippen LogP contribution in [0.5, 0.6) is 0 Å². The summed E-state index contributed by atoms with van der Waals surface area (Å²) in [5, 5.41) is 21.2. The minimum atomic E-state index is -1.07. The molecule has 29 heavy (non-hydrogen) atoms. The van der Waals surface area contributed by atoms with E-state index in [9.17, 15) is 14.7 Å². The molecule has 2 saturated heterocycles. The molecule has 1 saturated carbocycles. The first-order chi connectivity index (χ1) is 13.9. The smallest absolute Gasteiger partial charge is 0.409 e. The predicted molar refractivity (Wildman–Crippen MR) is 111 cm³/mol. The molecule has 2 aliphatic heterocycles. The summed E-state index contributed by atoms with van der Waals surface area (Å²) < 4.78 is 0. The first kappa shape index (κ1) is 20.0. The third-order valence-electron chi connectivity index (χ3n) is 7.05. The third kappa shape index (κ3) is 3.92. The van der Waals surface area contributed by atoms with Crippen LogP contribution >= 0.6 is 0 Å². The Balaban J connectivity index is 1.47. The number of aliphatic hydroxyl groups is 1. The molecule has 0 bridgehead atoms. The van der Waals surface area contributed by atoms with Gasteiger partial charge in [0, 0.05) is 37.1 Å². The molecule has 158 valence electrons. The summed E-state index contributed by atoms with van der Waals surface area (Å²) in [7, 11) is 0. The van der Waals surface area contributed by atoms with Crippen LogP contribution in [0.1, 0.15) is 50.5 Å². The maximum atomic E-state index is 13.4. The van der Waals surface area contributed by atoms with Crippen LogP contribution in [0.3, 0.4) is 0 Å². The molecule has 1 aliphatic carbocycles. The topological polar surface area (TPSA) is 93.1 Å². The van der Waals surface area contributed by atoms with Gasteiger partial charge in [-0.05, 0) is 75.6 Å². The summed E-state index contributed by atoms with van der Waals surface area (Å²) >= 11 is 0. The van der Waals surface area contributed by atoms with Crippen LogP contribution in [0.15, 0.2) is 18.2 Å². The van der Waals surface area contributed by atoms with Crippen LogP contribution in [0.2, 0.25) is 0 Å². The highest BCUT2D eigenvalue weighted by molar-refractivity contribution is 5.87. The Kier molecular flexibility index (Phi) is 5.42. The Hall–Kier alpha value is -2.28. The number of anilines is 2. The van der Waals surface area contributed by atoms with Crippen molar-refractivity contribution < 1.29 is 19.8 Å². The maximum Gasteiger partial charge on any atom is 0.409 e. The van der Waals surface area contributed by atoms with Crippen molar-refractivity contribution in [2.75, 3.05) is 29.9 Å². The first-order valence-electron chi connectivity index (χ1n) is 10.7. The van der Waals surface area contributed by atoms with Crippen LogP contribution < -0.4 is 10.2 Å². The van der Waals surface area contributed by atoms with Crippen molar-refractivity contribution in [1.82, 2.24) is 4.90 Å². The molecule has 1 atom stereocenters. The summed E-state index contributed by atoms with van der Waals surface area (Å²) in [6.07, 6.45) is 4.96. The van der Waals surface area contributed by atoms with Gasteiger partial charge in [0.2, 0.25) is 5.91 Å². The van der Waals surface area contributed by atoms with E-state index >= 15 is 0 Å². The van der Waals surface area contributed by atoms with Gasteiger partial charge in [-0.3, -0.25) is 10.1 Å². The summed E-state index contributed by atoms with van der Waals surface area (Å²) in [5.74, 6) is 0.296. The number of carbonyl (C=O) groups is 2. The molecule has 1 spiro atoms. The predicted octanol–water partition coefficient (Wildman–Crippen LogP) is 3.21. The zero-order valence-corrected chi connectivity index (χ0v) is 17.1. The normalized spacial score (nSPS) is 30.1. The van der Waals surface area contributed by atoms with E-state index in [0.717, 1.165) is 75.8 Å². The second kappa shape index (κ2) is 7.86. The molecule has 3 aliphatic rings. The lowest BCUT2D eigenvalue weighted by atomic mass is 9.78. The Morgan fingerprint density at radius 1 is 1.17 bits per heavy atom. The van der Waals surface area contributed by atoms with Gasteiger partial charge in [-0.2, -0.15) is 0 Å². The van der Waals surface area contributed by atoms with Crippen molar-refractivity contribution in [3.8, 4) is 0 Å². The van der Waals surface area contributed by atoms with Crippen molar-refractivity contribution in [3.63, 3.8) is 0 Å². The second-order valence-corrected chi connectivity index (χ2v) is 8.95. The zero-order chi connectivity index (χ0) is 20.6. The van der Waals surface area contributed by atoms with Gasteiger partial charge >= 0.3 is 6.09 Å². The number of benzene rings is 1. The number of nitrogens with zero attached hydrogens (tertiary/aromatic N) is 2. The summed E-state index contributed by atoms with van der Waals surface area (Å²) in [6.45, 7) is 4.36. The lowest BCUT2D eigenvalue weighted by molar-refractivity contribution is -0.139. The minimum Gasteiger partial charge on any atom is -0.465 e. The molecular weight excluding hydrogens is 370 g/mol. The summed E-state index contributed by atoms with van der Waals surface area (Å²) in [5.41, 5.74) is 2.21. The number of hydrogen-bond donors (Lipinski definition) is 3. The summed E-state index contributed by atoms with van der Waals surface area (Å²) in [4.78, 5) is 28.7. The van der Waals surface area contributed by atoms with Crippen LogP contribution in [-0.2, 0) is 4.79 Å². The Morgan fingerprint density at radius 3 is 2.62 bits per heavy atom. The Bertz CT molecular complexity index is 790. The SMILES string of the molecule is Cc1cc(N2CCC[C@]3(CCN([C@H]4CC[C@H](O)CC4)C3=O)C2)ccc1NC(=O)O. The van der Waals surface area contributed by atoms with Crippen molar-refractivity contribution in [2.24, 2.45) is 5.41 Å². The molecule has 3 fully saturated rings. The molecule has 0 radical (unpaired) electrons. The van der Waals surface area contributed by atoms with E-state index in [0.29, 0.717) is 11.6 Å². The highest BCUT2D eigenvalue weighted by Crippen LogP contribution is 2.43. The van der Waals surface area contributed by atoms with E-state index in [1.807, 2.05) is 19.1 Å². The van der Waals surface area contributed by atoms with Crippen molar-refractivity contribution in [2.45, 2.75) is 64.0 Å². The number of aryl methyl sites for hydroxylation is 1. The zero-order valence-electron chi connectivity index (χ0n) is 17.1. The molecular formula is C22H31N3O4. The average Bonchev–Trinajstić information content (AvgIpc) is 3.00. The molecule has 1 aromatic rings. The van der Waals surface area contributed by atoms with Crippen molar-refractivity contribution >= 4 is 23.4 Å². The number of nitrogens with one attached hydrogen (secondary N) is 1. The Labute approximate surface area is 171 Å². The highest BCUT2D eigenvalue weighted by Gasteiger charge is 2.50. The number of carbonyl (C=O) groups excluding carboxylic acids is 1. The van der Waals surface area contributed by atoms with E-state index in [4.69, 9.17) is 5.11 Å².